The average molecular weight is 242 g/mol. The van der Waals surface area contributed by atoms with Crippen LogP contribution in [0.3, 0.4) is 0 Å². The van der Waals surface area contributed by atoms with E-state index >= 15 is 0 Å². The van der Waals surface area contributed by atoms with Crippen molar-refractivity contribution in [2.45, 2.75) is 12.3 Å². The minimum atomic E-state index is -0.930. The Balaban J connectivity index is 2.30. The third kappa shape index (κ3) is 2.69. The summed E-state index contributed by atoms with van der Waals surface area (Å²) in [4.78, 5) is 11.3. The SMILES string of the molecule is O=C(O)C(Cc1ccccc1)c1ccccc1O. The van der Waals surface area contributed by atoms with Gasteiger partial charge in [0.2, 0.25) is 0 Å². The van der Waals surface area contributed by atoms with Crippen LogP contribution in [0.5, 0.6) is 5.75 Å². The van der Waals surface area contributed by atoms with Crippen molar-refractivity contribution in [2.24, 2.45) is 0 Å². The molecule has 0 saturated heterocycles. The molecule has 0 aromatic heterocycles. The fourth-order valence-electron chi connectivity index (χ4n) is 1.96. The predicted molar refractivity (Wildman–Crippen MR) is 68.6 cm³/mol. The lowest BCUT2D eigenvalue weighted by molar-refractivity contribution is -0.138. The molecule has 0 heterocycles. The number of para-hydroxylation sites is 1. The predicted octanol–water partition coefficient (Wildman–Crippen LogP) is 2.80. The number of hydrogen-bond acceptors (Lipinski definition) is 2. The molecule has 3 nitrogen and oxygen atoms in total. The molecule has 18 heavy (non-hydrogen) atoms. The lowest BCUT2D eigenvalue weighted by Crippen LogP contribution is -2.14. The van der Waals surface area contributed by atoms with Gasteiger partial charge in [-0.15, -0.1) is 0 Å². The van der Waals surface area contributed by atoms with Crippen LogP contribution >= 0.6 is 0 Å². The van der Waals surface area contributed by atoms with Gasteiger partial charge in [0.05, 0.1) is 5.92 Å². The van der Waals surface area contributed by atoms with Gasteiger partial charge in [-0.3, -0.25) is 4.79 Å². The zero-order valence-electron chi connectivity index (χ0n) is 9.78. The summed E-state index contributed by atoms with van der Waals surface area (Å²) < 4.78 is 0. The summed E-state index contributed by atoms with van der Waals surface area (Å²) in [7, 11) is 0. The minimum Gasteiger partial charge on any atom is -0.508 e. The van der Waals surface area contributed by atoms with Crippen LogP contribution in [0.4, 0.5) is 0 Å². The van der Waals surface area contributed by atoms with Gasteiger partial charge in [0.25, 0.3) is 0 Å². The van der Waals surface area contributed by atoms with Crippen molar-refractivity contribution >= 4 is 5.97 Å². The molecule has 1 atom stereocenters. The highest BCUT2D eigenvalue weighted by molar-refractivity contribution is 5.77. The number of aromatic hydroxyl groups is 1. The third-order valence-corrected chi connectivity index (χ3v) is 2.89. The van der Waals surface area contributed by atoms with Crippen molar-refractivity contribution in [3.05, 3.63) is 65.7 Å². The Hall–Kier alpha value is -2.29. The Kier molecular flexibility index (Phi) is 3.63. The molecule has 0 spiro atoms. The number of hydrogen-bond donors (Lipinski definition) is 2. The molecule has 0 aliphatic heterocycles. The van der Waals surface area contributed by atoms with Crippen LogP contribution in [0.1, 0.15) is 17.0 Å². The normalized spacial score (nSPS) is 12.0. The van der Waals surface area contributed by atoms with Gasteiger partial charge in [0, 0.05) is 5.56 Å². The first-order valence-electron chi connectivity index (χ1n) is 5.73. The highest BCUT2D eigenvalue weighted by Gasteiger charge is 2.22. The molecule has 1 unspecified atom stereocenters. The second kappa shape index (κ2) is 5.36. The first-order chi connectivity index (χ1) is 8.68. The molecule has 2 N–H and O–H groups in total. The zero-order valence-corrected chi connectivity index (χ0v) is 9.78. The van der Waals surface area contributed by atoms with Crippen LogP contribution in [-0.2, 0) is 11.2 Å². The highest BCUT2D eigenvalue weighted by Crippen LogP contribution is 2.28. The number of rotatable bonds is 4. The summed E-state index contributed by atoms with van der Waals surface area (Å²) in [5, 5.41) is 19.0. The van der Waals surface area contributed by atoms with Gasteiger partial charge in [0.1, 0.15) is 5.75 Å². The summed E-state index contributed by atoms with van der Waals surface area (Å²) in [6.07, 6.45) is 0.369. The van der Waals surface area contributed by atoms with Crippen molar-refractivity contribution in [1.29, 1.82) is 0 Å². The number of phenols is 1. The van der Waals surface area contributed by atoms with Crippen molar-refractivity contribution in [3.8, 4) is 5.75 Å². The van der Waals surface area contributed by atoms with E-state index in [-0.39, 0.29) is 5.75 Å². The third-order valence-electron chi connectivity index (χ3n) is 2.89. The molecule has 0 bridgehead atoms. The van der Waals surface area contributed by atoms with Crippen LogP contribution in [0.15, 0.2) is 54.6 Å². The second-order valence-electron chi connectivity index (χ2n) is 4.14. The standard InChI is InChI=1S/C15H14O3/c16-14-9-5-4-8-12(14)13(15(17)18)10-11-6-2-1-3-7-11/h1-9,13,16H,10H2,(H,17,18). The first kappa shape index (κ1) is 12.2. The van der Waals surface area contributed by atoms with Gasteiger partial charge in [0.15, 0.2) is 0 Å². The molecule has 0 amide bonds. The van der Waals surface area contributed by atoms with Gasteiger partial charge in [-0.25, -0.2) is 0 Å². The van der Waals surface area contributed by atoms with E-state index in [9.17, 15) is 15.0 Å². The summed E-state index contributed by atoms with van der Waals surface area (Å²) in [5.74, 6) is -1.63. The average Bonchev–Trinajstić information content (AvgIpc) is 2.38. The topological polar surface area (TPSA) is 57.5 Å². The molecule has 0 saturated carbocycles. The molecule has 0 aliphatic carbocycles. The molecule has 0 radical (unpaired) electrons. The lowest BCUT2D eigenvalue weighted by atomic mass is 9.91. The first-order valence-corrected chi connectivity index (χ1v) is 5.73. The highest BCUT2D eigenvalue weighted by atomic mass is 16.4. The minimum absolute atomic E-state index is 0.0285. The monoisotopic (exact) mass is 242 g/mol. The van der Waals surface area contributed by atoms with Crippen molar-refractivity contribution in [1.82, 2.24) is 0 Å². The lowest BCUT2D eigenvalue weighted by Gasteiger charge is -2.14. The fraction of sp³-hybridized carbons (Fsp3) is 0.133. The molecule has 0 fully saturated rings. The largest absolute Gasteiger partial charge is 0.508 e. The fourth-order valence-corrected chi connectivity index (χ4v) is 1.96. The summed E-state index contributed by atoms with van der Waals surface area (Å²) >= 11 is 0. The molecule has 2 aromatic carbocycles. The Bertz CT molecular complexity index is 534. The zero-order chi connectivity index (χ0) is 13.0. The van der Waals surface area contributed by atoms with E-state index in [4.69, 9.17) is 0 Å². The van der Waals surface area contributed by atoms with Gasteiger partial charge in [-0.1, -0.05) is 48.5 Å². The van der Waals surface area contributed by atoms with Crippen molar-refractivity contribution in [3.63, 3.8) is 0 Å². The second-order valence-corrected chi connectivity index (χ2v) is 4.14. The number of phenolic OH excluding ortho intramolecular Hbond substituents is 1. The summed E-state index contributed by atoms with van der Waals surface area (Å²) in [6.45, 7) is 0. The molecular formula is C15H14O3. The molecule has 0 aliphatic rings. The molecule has 92 valence electrons. The van der Waals surface area contributed by atoms with Crippen molar-refractivity contribution in [2.75, 3.05) is 0 Å². The number of carbonyl (C=O) groups is 1. The van der Waals surface area contributed by atoms with Crippen LogP contribution < -0.4 is 0 Å². The van der Waals surface area contributed by atoms with E-state index in [2.05, 4.69) is 0 Å². The van der Waals surface area contributed by atoms with Gasteiger partial charge < -0.3 is 10.2 Å². The van der Waals surface area contributed by atoms with E-state index in [1.165, 1.54) is 6.07 Å². The number of aliphatic carboxylic acids is 1. The molecule has 2 rings (SSSR count). The molecule has 3 heteroatoms. The maximum atomic E-state index is 11.3. The Morgan fingerprint density at radius 2 is 1.61 bits per heavy atom. The van der Waals surface area contributed by atoms with E-state index in [0.29, 0.717) is 12.0 Å². The van der Waals surface area contributed by atoms with E-state index in [0.717, 1.165) is 5.56 Å². The van der Waals surface area contributed by atoms with Crippen LogP contribution in [0.2, 0.25) is 0 Å². The molecular weight excluding hydrogens is 228 g/mol. The maximum Gasteiger partial charge on any atom is 0.311 e. The van der Waals surface area contributed by atoms with E-state index < -0.39 is 11.9 Å². The number of carboxylic acid groups (broad SMARTS) is 1. The van der Waals surface area contributed by atoms with Crippen LogP contribution in [0.25, 0.3) is 0 Å². The van der Waals surface area contributed by atoms with Crippen LogP contribution in [0, 0.1) is 0 Å². The van der Waals surface area contributed by atoms with Gasteiger partial charge in [-0.05, 0) is 18.1 Å². The Labute approximate surface area is 105 Å². The summed E-state index contributed by atoms with van der Waals surface area (Å²) in [5.41, 5.74) is 1.39. The summed E-state index contributed by atoms with van der Waals surface area (Å²) in [6, 6.07) is 16.0. The quantitative estimate of drug-likeness (QED) is 0.866. The van der Waals surface area contributed by atoms with E-state index in [1.54, 1.807) is 18.2 Å². The smallest absolute Gasteiger partial charge is 0.311 e. The van der Waals surface area contributed by atoms with Gasteiger partial charge in [-0.2, -0.15) is 0 Å². The van der Waals surface area contributed by atoms with E-state index in [1.807, 2.05) is 30.3 Å². The number of benzene rings is 2. The molecule has 2 aromatic rings. The Morgan fingerprint density at radius 1 is 1.00 bits per heavy atom. The number of carboxylic acids is 1. The van der Waals surface area contributed by atoms with Crippen molar-refractivity contribution < 1.29 is 15.0 Å². The van der Waals surface area contributed by atoms with Gasteiger partial charge >= 0.3 is 5.97 Å². The Morgan fingerprint density at radius 3 is 2.22 bits per heavy atom. The van der Waals surface area contributed by atoms with Crippen LogP contribution in [-0.4, -0.2) is 16.2 Å². The maximum absolute atomic E-state index is 11.3.